The molecule has 0 unspecified atom stereocenters. The van der Waals surface area contributed by atoms with Crippen molar-refractivity contribution in [2.24, 2.45) is 0 Å². The summed E-state index contributed by atoms with van der Waals surface area (Å²) in [7, 11) is 3.61. The predicted octanol–water partition coefficient (Wildman–Crippen LogP) is 0.693. The molecule has 1 N–H and O–H groups in total. The van der Waals surface area contributed by atoms with E-state index in [1.54, 1.807) is 43.7 Å². The van der Waals surface area contributed by atoms with Crippen LogP contribution < -0.4 is 0 Å². The molecule has 6 nitrogen and oxygen atoms in total. The summed E-state index contributed by atoms with van der Waals surface area (Å²) in [5, 5.41) is 9.63. The minimum Gasteiger partial charge on any atom is -0.492 e. The van der Waals surface area contributed by atoms with Crippen LogP contribution in [0.2, 0.25) is 0 Å². The molecule has 0 spiro atoms. The van der Waals surface area contributed by atoms with Crippen LogP contribution in [-0.2, 0) is 0 Å². The summed E-state index contributed by atoms with van der Waals surface area (Å²) < 4.78 is 1.46. The first-order valence-electron chi connectivity index (χ1n) is 5.00. The molecule has 0 fully saturated rings. The number of ketones is 1. The number of aromatic hydroxyl groups is 1. The molecule has 0 aliphatic carbocycles. The number of aromatic nitrogens is 3. The van der Waals surface area contributed by atoms with Crippen LogP contribution in [0.3, 0.4) is 0 Å². The number of nitrogens with zero attached hydrogens (tertiary/aromatic N) is 4. The first-order chi connectivity index (χ1) is 8.09. The molecule has 17 heavy (non-hydrogen) atoms. The zero-order chi connectivity index (χ0) is 12.4. The van der Waals surface area contributed by atoms with Gasteiger partial charge in [0.05, 0.1) is 0 Å². The first-order valence-corrected chi connectivity index (χ1v) is 5.00. The quantitative estimate of drug-likeness (QED) is 0.623. The lowest BCUT2D eigenvalue weighted by atomic mass is 10.3. The van der Waals surface area contributed by atoms with Gasteiger partial charge in [-0.05, 0) is 6.07 Å². The molecule has 0 aliphatic rings. The van der Waals surface area contributed by atoms with Crippen molar-refractivity contribution in [2.75, 3.05) is 14.1 Å². The number of imidazole rings is 1. The molecule has 0 amide bonds. The molecule has 2 aromatic rings. The van der Waals surface area contributed by atoms with Crippen LogP contribution in [0.4, 0.5) is 0 Å². The van der Waals surface area contributed by atoms with Gasteiger partial charge in [0.15, 0.2) is 5.69 Å². The Labute approximate surface area is 97.8 Å². The third kappa shape index (κ3) is 2.10. The molecule has 0 bridgehead atoms. The molecule has 88 valence electrons. The van der Waals surface area contributed by atoms with Crippen molar-refractivity contribution in [3.8, 4) is 5.88 Å². The van der Waals surface area contributed by atoms with E-state index < -0.39 is 0 Å². The minimum atomic E-state index is -0.322. The van der Waals surface area contributed by atoms with E-state index in [0.29, 0.717) is 5.78 Å². The summed E-state index contributed by atoms with van der Waals surface area (Å²) in [4.78, 5) is 21.4. The maximum Gasteiger partial charge on any atom is 0.243 e. The predicted molar refractivity (Wildman–Crippen MR) is 61.8 cm³/mol. The van der Waals surface area contributed by atoms with Crippen LogP contribution in [0.1, 0.15) is 10.5 Å². The van der Waals surface area contributed by atoms with Gasteiger partial charge >= 0.3 is 0 Å². The number of rotatable bonds is 3. The zero-order valence-corrected chi connectivity index (χ0v) is 9.53. The van der Waals surface area contributed by atoms with E-state index >= 15 is 0 Å². The fraction of sp³-hybridized carbons (Fsp3) is 0.182. The van der Waals surface area contributed by atoms with Crippen LogP contribution in [0, 0.1) is 0 Å². The molecule has 0 aliphatic heterocycles. The van der Waals surface area contributed by atoms with Crippen molar-refractivity contribution in [1.82, 2.24) is 19.3 Å². The SMILES string of the molecule is CN(C)/C=C/C(=O)c1c(O)nc2ncccn12. The number of hydrogen-bond acceptors (Lipinski definition) is 5. The number of hydrogen-bond donors (Lipinski definition) is 1. The summed E-state index contributed by atoms with van der Waals surface area (Å²) >= 11 is 0. The average Bonchev–Trinajstić information content (AvgIpc) is 2.61. The minimum absolute atomic E-state index is 0.117. The van der Waals surface area contributed by atoms with Crippen molar-refractivity contribution in [1.29, 1.82) is 0 Å². The fourth-order valence-electron chi connectivity index (χ4n) is 1.40. The Morgan fingerprint density at radius 1 is 1.53 bits per heavy atom. The van der Waals surface area contributed by atoms with Crippen molar-refractivity contribution < 1.29 is 9.90 Å². The lowest BCUT2D eigenvalue weighted by molar-refractivity contribution is 0.103. The second-order valence-corrected chi connectivity index (χ2v) is 3.72. The fourth-order valence-corrected chi connectivity index (χ4v) is 1.40. The average molecular weight is 232 g/mol. The smallest absolute Gasteiger partial charge is 0.243 e. The van der Waals surface area contributed by atoms with E-state index in [4.69, 9.17) is 0 Å². The van der Waals surface area contributed by atoms with Gasteiger partial charge in [-0.15, -0.1) is 0 Å². The van der Waals surface area contributed by atoms with Crippen molar-refractivity contribution in [3.05, 3.63) is 36.4 Å². The van der Waals surface area contributed by atoms with Gasteiger partial charge in [-0.1, -0.05) is 0 Å². The molecule has 6 heteroatoms. The molecular weight excluding hydrogens is 220 g/mol. The Morgan fingerprint density at radius 2 is 2.29 bits per heavy atom. The highest BCUT2D eigenvalue weighted by Crippen LogP contribution is 2.17. The largest absolute Gasteiger partial charge is 0.492 e. The van der Waals surface area contributed by atoms with Crippen molar-refractivity contribution >= 4 is 11.6 Å². The highest BCUT2D eigenvalue weighted by atomic mass is 16.3. The van der Waals surface area contributed by atoms with E-state index in [9.17, 15) is 9.90 Å². The summed E-state index contributed by atoms with van der Waals surface area (Å²) in [5.74, 6) is -0.333. The van der Waals surface area contributed by atoms with Crippen LogP contribution in [0.15, 0.2) is 30.7 Å². The summed E-state index contributed by atoms with van der Waals surface area (Å²) in [6.45, 7) is 0. The lowest BCUT2D eigenvalue weighted by Gasteiger charge is -2.02. The topological polar surface area (TPSA) is 70.7 Å². The van der Waals surface area contributed by atoms with Gasteiger partial charge < -0.3 is 10.0 Å². The zero-order valence-electron chi connectivity index (χ0n) is 9.53. The third-order valence-corrected chi connectivity index (χ3v) is 2.14. The molecule has 0 aromatic carbocycles. The van der Waals surface area contributed by atoms with Gasteiger partial charge in [0.1, 0.15) is 0 Å². The molecule has 0 radical (unpaired) electrons. The first kappa shape index (κ1) is 11.1. The second kappa shape index (κ2) is 4.25. The molecule has 0 saturated heterocycles. The maximum absolute atomic E-state index is 11.9. The van der Waals surface area contributed by atoms with E-state index in [-0.39, 0.29) is 17.4 Å². The Bertz CT molecular complexity index is 586. The monoisotopic (exact) mass is 232 g/mol. The van der Waals surface area contributed by atoms with Crippen molar-refractivity contribution in [3.63, 3.8) is 0 Å². The summed E-state index contributed by atoms with van der Waals surface area (Å²) in [5.41, 5.74) is 0.117. The Kier molecular flexibility index (Phi) is 2.78. The number of carbonyl (C=O) groups excluding carboxylic acids is 1. The van der Waals surface area contributed by atoms with Gasteiger partial charge in [-0.2, -0.15) is 4.98 Å². The maximum atomic E-state index is 11.9. The Balaban J connectivity index is 2.48. The number of allylic oxidation sites excluding steroid dienone is 1. The second-order valence-electron chi connectivity index (χ2n) is 3.72. The van der Waals surface area contributed by atoms with E-state index in [1.165, 1.54) is 10.5 Å². The lowest BCUT2D eigenvalue weighted by Crippen LogP contribution is -2.05. The summed E-state index contributed by atoms with van der Waals surface area (Å²) in [6, 6.07) is 1.67. The molecule has 2 heterocycles. The third-order valence-electron chi connectivity index (χ3n) is 2.14. The highest BCUT2D eigenvalue weighted by Gasteiger charge is 2.16. The number of fused-ring (bicyclic) bond motifs is 1. The number of carbonyl (C=O) groups is 1. The van der Waals surface area contributed by atoms with Gasteiger partial charge in [0.25, 0.3) is 0 Å². The van der Waals surface area contributed by atoms with Gasteiger partial charge in [0.2, 0.25) is 17.4 Å². The van der Waals surface area contributed by atoms with Crippen LogP contribution in [0.25, 0.3) is 5.78 Å². The Morgan fingerprint density at radius 3 is 3.00 bits per heavy atom. The Hall–Kier alpha value is -2.37. The standard InChI is InChI=1S/C11H12N4O2/c1-14(2)7-4-8(16)9-10(17)13-11-12-5-3-6-15(9)11/h3-7,17H,1-2H3/b7-4+. The normalized spacial score (nSPS) is 11.2. The van der Waals surface area contributed by atoms with E-state index in [0.717, 1.165) is 0 Å². The molecule has 0 atom stereocenters. The molecule has 2 aromatic heterocycles. The van der Waals surface area contributed by atoms with Crippen LogP contribution >= 0.6 is 0 Å². The van der Waals surface area contributed by atoms with Crippen molar-refractivity contribution in [2.45, 2.75) is 0 Å². The van der Waals surface area contributed by atoms with Crippen LogP contribution in [-0.4, -0.2) is 44.3 Å². The van der Waals surface area contributed by atoms with Gasteiger partial charge in [0, 0.05) is 38.8 Å². The highest BCUT2D eigenvalue weighted by molar-refractivity contribution is 6.05. The van der Waals surface area contributed by atoms with Gasteiger partial charge in [-0.3, -0.25) is 9.20 Å². The molecular formula is C11H12N4O2. The van der Waals surface area contributed by atoms with E-state index in [1.807, 2.05) is 0 Å². The molecule has 2 rings (SSSR count). The van der Waals surface area contributed by atoms with Gasteiger partial charge in [-0.25, -0.2) is 4.98 Å². The molecule has 0 saturated carbocycles. The van der Waals surface area contributed by atoms with E-state index in [2.05, 4.69) is 9.97 Å². The summed E-state index contributed by atoms with van der Waals surface area (Å²) in [6.07, 6.45) is 6.16. The van der Waals surface area contributed by atoms with Crippen LogP contribution in [0.5, 0.6) is 5.88 Å².